The lowest BCUT2D eigenvalue weighted by Gasteiger charge is -2.24. The van der Waals surface area contributed by atoms with Crippen molar-refractivity contribution < 1.29 is 33.4 Å². The maximum Gasteiger partial charge on any atom is 0.339 e. The Morgan fingerprint density at radius 2 is 1.55 bits per heavy atom. The van der Waals surface area contributed by atoms with Gasteiger partial charge in [-0.05, 0) is 24.1 Å². The number of hydrogen-bond acceptors (Lipinski definition) is 4. The summed E-state index contributed by atoms with van der Waals surface area (Å²) in [6, 6.07) is 12.6. The van der Waals surface area contributed by atoms with Gasteiger partial charge in [0.25, 0.3) is 0 Å². The minimum absolute atomic E-state index is 0.132. The highest BCUT2D eigenvalue weighted by atomic mass is 31.2. The standard InChI is InChI=1S/C20H39NO7P2Si3/c1-32(13-4-12-31)14-5-15-33(2,3)18-28-20-8-6-19(7-9-20)10-11-21(16-29(22,23)24)17-30(25,26)27/h6-9H,4-5,10-18H2,1-3H3,(H2,22,23,24)(H2,25,26,27). The van der Waals surface area contributed by atoms with Crippen molar-refractivity contribution in [3.8, 4) is 5.75 Å². The summed E-state index contributed by atoms with van der Waals surface area (Å²) in [5.74, 6) is 0.791. The molecule has 1 aromatic carbocycles. The Morgan fingerprint density at radius 3 is 2.06 bits per heavy atom. The van der Waals surface area contributed by atoms with Gasteiger partial charge in [0.05, 0.1) is 14.3 Å². The van der Waals surface area contributed by atoms with Crippen LogP contribution in [0.1, 0.15) is 18.4 Å². The topological polar surface area (TPSA) is 128 Å². The lowest BCUT2D eigenvalue weighted by molar-refractivity contribution is 0.279. The Bertz CT molecular complexity index is 762. The van der Waals surface area contributed by atoms with Crippen LogP contribution in [0.4, 0.5) is 0 Å². The molecule has 0 unspecified atom stereocenters. The highest BCUT2D eigenvalue weighted by Gasteiger charge is 2.25. The van der Waals surface area contributed by atoms with Crippen molar-refractivity contribution in [2.75, 3.05) is 25.3 Å². The van der Waals surface area contributed by atoms with Gasteiger partial charge >= 0.3 is 15.2 Å². The molecule has 0 heterocycles. The van der Waals surface area contributed by atoms with Crippen LogP contribution in [0.15, 0.2) is 24.3 Å². The molecule has 0 aromatic heterocycles. The van der Waals surface area contributed by atoms with Crippen LogP contribution in [0.25, 0.3) is 0 Å². The van der Waals surface area contributed by atoms with Crippen LogP contribution in [-0.4, -0.2) is 76.9 Å². The van der Waals surface area contributed by atoms with Crippen LogP contribution < -0.4 is 4.74 Å². The quantitative estimate of drug-likeness (QED) is 0.169. The smallest absolute Gasteiger partial charge is 0.339 e. The summed E-state index contributed by atoms with van der Waals surface area (Å²) in [7, 11) is -6.94. The van der Waals surface area contributed by atoms with Gasteiger partial charge in [-0.2, -0.15) is 0 Å². The molecule has 0 atom stereocenters. The lowest BCUT2D eigenvalue weighted by Crippen LogP contribution is -2.34. The number of benzene rings is 1. The van der Waals surface area contributed by atoms with Gasteiger partial charge in [-0.15, -0.1) is 0 Å². The first-order valence-electron chi connectivity index (χ1n) is 11.2. The second kappa shape index (κ2) is 14.5. The highest BCUT2D eigenvalue weighted by Crippen LogP contribution is 2.40. The van der Waals surface area contributed by atoms with Crippen LogP contribution in [-0.2, 0) is 15.6 Å². The first kappa shape index (κ1) is 31.0. The van der Waals surface area contributed by atoms with Gasteiger partial charge < -0.3 is 24.3 Å². The van der Waals surface area contributed by atoms with E-state index in [1.807, 2.05) is 24.3 Å². The number of hydrogen-bond donors (Lipinski definition) is 4. The van der Waals surface area contributed by atoms with Crippen molar-refractivity contribution in [3.05, 3.63) is 29.8 Å². The predicted molar refractivity (Wildman–Crippen MR) is 139 cm³/mol. The van der Waals surface area contributed by atoms with Crippen molar-refractivity contribution in [1.29, 1.82) is 0 Å². The van der Waals surface area contributed by atoms with E-state index in [1.165, 1.54) is 31.0 Å². The van der Waals surface area contributed by atoms with E-state index in [9.17, 15) is 9.13 Å². The van der Waals surface area contributed by atoms with Crippen molar-refractivity contribution >= 4 is 42.3 Å². The number of rotatable bonds is 17. The van der Waals surface area contributed by atoms with Crippen molar-refractivity contribution in [3.63, 3.8) is 0 Å². The zero-order valence-electron chi connectivity index (χ0n) is 19.9. The summed E-state index contributed by atoms with van der Waals surface area (Å²) in [6.45, 7) is 7.28. The Kier molecular flexibility index (Phi) is 13.6. The monoisotopic (exact) mass is 551 g/mol. The molecular formula is C20H39NO7P2Si3. The molecule has 0 fully saturated rings. The van der Waals surface area contributed by atoms with Crippen molar-refractivity contribution in [2.24, 2.45) is 0 Å². The maximum atomic E-state index is 11.3. The summed E-state index contributed by atoms with van der Waals surface area (Å²) in [4.78, 5) is 37.8. The molecule has 1 aromatic rings. The van der Waals surface area contributed by atoms with Crippen molar-refractivity contribution in [2.45, 2.75) is 63.1 Å². The Labute approximate surface area is 204 Å². The Balaban J connectivity index is 2.50. The average Bonchev–Trinajstić information content (AvgIpc) is 2.67. The van der Waals surface area contributed by atoms with E-state index < -0.39 is 35.8 Å². The summed E-state index contributed by atoms with van der Waals surface area (Å²) in [5, 5.41) is 0. The van der Waals surface area contributed by atoms with E-state index in [-0.39, 0.29) is 15.3 Å². The fourth-order valence-electron chi connectivity index (χ4n) is 3.48. The molecule has 8 nitrogen and oxygen atoms in total. The third kappa shape index (κ3) is 16.3. The minimum atomic E-state index is -4.42. The van der Waals surface area contributed by atoms with E-state index in [1.54, 1.807) is 0 Å². The Hall–Kier alpha value is -0.0694. The number of ether oxygens (including phenoxy) is 1. The van der Waals surface area contributed by atoms with Gasteiger partial charge in [-0.1, -0.05) is 68.8 Å². The van der Waals surface area contributed by atoms with Gasteiger partial charge in [0.2, 0.25) is 0 Å². The molecule has 0 aliphatic heterocycles. The molecule has 188 valence electrons. The Morgan fingerprint density at radius 1 is 1.00 bits per heavy atom. The van der Waals surface area contributed by atoms with Crippen LogP contribution in [0.5, 0.6) is 5.75 Å². The molecule has 4 N–H and O–H groups in total. The largest absolute Gasteiger partial charge is 0.497 e. The summed E-state index contributed by atoms with van der Waals surface area (Å²) < 4.78 is 28.6. The third-order valence-corrected chi connectivity index (χ3v) is 12.2. The van der Waals surface area contributed by atoms with Crippen molar-refractivity contribution in [1.82, 2.24) is 4.90 Å². The number of nitrogens with zero attached hydrogens (tertiary/aromatic N) is 1. The minimum Gasteiger partial charge on any atom is -0.497 e. The SMILES string of the molecule is C[Si](CCC[Si])CCC[Si](C)(C)COc1ccc(CCN(CP(=O)(O)O)CP(=O)(O)O)cc1. The average molecular weight is 552 g/mol. The normalized spacial score (nSPS) is 13.2. The molecule has 0 bridgehead atoms. The molecule has 13 heteroatoms. The fourth-order valence-corrected chi connectivity index (χ4v) is 9.69. The second-order valence-electron chi connectivity index (χ2n) is 9.52. The van der Waals surface area contributed by atoms with Gasteiger partial charge in [0, 0.05) is 25.6 Å². The van der Waals surface area contributed by atoms with Crippen LogP contribution in [0.3, 0.4) is 0 Å². The molecule has 4 radical (unpaired) electrons. The van der Waals surface area contributed by atoms with E-state index in [4.69, 9.17) is 24.3 Å². The molecule has 0 amide bonds. The molecule has 0 aliphatic carbocycles. The summed E-state index contributed by atoms with van der Waals surface area (Å²) in [5.41, 5.74) is 0.904. The van der Waals surface area contributed by atoms with E-state index in [0.717, 1.165) is 28.5 Å². The molecule has 33 heavy (non-hydrogen) atoms. The van der Waals surface area contributed by atoms with E-state index in [0.29, 0.717) is 6.42 Å². The van der Waals surface area contributed by atoms with E-state index >= 15 is 0 Å². The highest BCUT2D eigenvalue weighted by molar-refractivity contribution is 7.52. The van der Waals surface area contributed by atoms with E-state index in [2.05, 4.69) is 29.9 Å². The summed E-state index contributed by atoms with van der Waals surface area (Å²) in [6.07, 6.45) is 2.36. The molecule has 0 spiro atoms. The predicted octanol–water partition coefficient (Wildman–Crippen LogP) is 3.92. The van der Waals surface area contributed by atoms with Crippen LogP contribution in [0.2, 0.25) is 43.8 Å². The first-order chi connectivity index (χ1) is 15.2. The molecule has 0 aliphatic rings. The van der Waals surface area contributed by atoms with Gasteiger partial charge in [0.15, 0.2) is 0 Å². The zero-order chi connectivity index (χ0) is 25.1. The van der Waals surface area contributed by atoms with Crippen LogP contribution >= 0.6 is 15.2 Å². The van der Waals surface area contributed by atoms with Gasteiger partial charge in [-0.3, -0.25) is 14.0 Å². The lowest BCUT2D eigenvalue weighted by atomic mass is 10.1. The summed E-state index contributed by atoms with van der Waals surface area (Å²) >= 11 is 0. The van der Waals surface area contributed by atoms with Gasteiger partial charge in [-0.25, -0.2) is 0 Å². The molecular weight excluding hydrogens is 512 g/mol. The molecule has 0 saturated carbocycles. The third-order valence-electron chi connectivity index (χ3n) is 5.28. The van der Waals surface area contributed by atoms with Gasteiger partial charge in [0.1, 0.15) is 18.3 Å². The van der Waals surface area contributed by atoms with Crippen LogP contribution in [0, 0.1) is 0 Å². The second-order valence-corrected chi connectivity index (χ2v) is 21.3. The molecule has 1 rings (SSSR count). The fraction of sp³-hybridized carbons (Fsp3) is 0.700. The molecule has 0 saturated heterocycles. The zero-order valence-corrected chi connectivity index (χ0v) is 24.7. The first-order valence-corrected chi connectivity index (χ1v) is 21.3. The maximum absolute atomic E-state index is 11.3.